The van der Waals surface area contributed by atoms with E-state index in [2.05, 4.69) is 16.2 Å². The van der Waals surface area contributed by atoms with Gasteiger partial charge in [-0.25, -0.2) is 9.59 Å². The van der Waals surface area contributed by atoms with Crippen molar-refractivity contribution >= 4 is 41.3 Å². The highest BCUT2D eigenvalue weighted by Crippen LogP contribution is 2.42. The number of rotatable bonds is 6. The lowest BCUT2D eigenvalue weighted by molar-refractivity contribution is -0.121. The Hall–Kier alpha value is -4.61. The van der Waals surface area contributed by atoms with E-state index in [1.54, 1.807) is 38.7 Å². The molecule has 2 aromatic carbocycles. The molecule has 4 N–H and O–H groups in total. The summed E-state index contributed by atoms with van der Waals surface area (Å²) in [4.78, 5) is 64.2. The van der Waals surface area contributed by atoms with Crippen molar-refractivity contribution in [2.45, 2.75) is 65.1 Å². The number of hydrogen-bond acceptors (Lipinski definition) is 6. The van der Waals surface area contributed by atoms with E-state index in [1.165, 1.54) is 29.2 Å². The predicted molar refractivity (Wildman–Crippen MR) is 148 cm³/mol. The third kappa shape index (κ3) is 7.28. The topological polar surface area (TPSA) is 157 Å². The molecule has 0 aromatic heterocycles. The van der Waals surface area contributed by atoms with Crippen LogP contribution in [0.4, 0.5) is 21.0 Å². The molecule has 0 aliphatic carbocycles. The number of carboxylic acid groups (broad SMARTS) is 1. The van der Waals surface area contributed by atoms with Crippen molar-refractivity contribution in [1.82, 2.24) is 16.2 Å². The lowest BCUT2D eigenvalue weighted by atomic mass is 9.90. The number of nitrogens with zero attached hydrogens (tertiary/aromatic N) is 2. The highest BCUT2D eigenvalue weighted by Gasteiger charge is 2.38. The standard InChI is InChI=1S/C28H35N5O7/c1-6-24(35)32-17(2)15-22(20-9-7-8-10-21(20)32)33(27(38)39)19-13-11-18(12-14-19)25(36)31-30-23(34)16-29-26(37)40-28(3,4)5/h7-14,17,22H,6,15-16H2,1-5H3,(H,29,37)(H,30,34)(H,31,36)(H,38,39)/t17-,22+/m0/s1. The van der Waals surface area contributed by atoms with Gasteiger partial charge in [0.15, 0.2) is 0 Å². The van der Waals surface area contributed by atoms with Crippen LogP contribution in [-0.2, 0) is 14.3 Å². The molecule has 0 saturated heterocycles. The van der Waals surface area contributed by atoms with E-state index < -0.39 is 42.2 Å². The molecule has 3 rings (SSSR count). The molecule has 0 saturated carbocycles. The molecule has 214 valence electrons. The van der Waals surface area contributed by atoms with E-state index in [9.17, 15) is 29.1 Å². The zero-order valence-electron chi connectivity index (χ0n) is 23.2. The minimum Gasteiger partial charge on any atom is -0.465 e. The minimum absolute atomic E-state index is 0.0386. The summed E-state index contributed by atoms with van der Waals surface area (Å²) in [5.74, 6) is -1.35. The zero-order chi connectivity index (χ0) is 29.6. The SMILES string of the molecule is CCC(=O)N1c2ccccc2[C@H](N(C(=O)O)c2ccc(C(=O)NNC(=O)CNC(=O)OC(C)(C)C)cc2)C[C@@H]1C. The van der Waals surface area contributed by atoms with E-state index in [0.29, 0.717) is 29.8 Å². The molecule has 1 heterocycles. The number of para-hydroxylation sites is 1. The first-order valence-corrected chi connectivity index (χ1v) is 12.9. The van der Waals surface area contributed by atoms with Crippen molar-refractivity contribution in [3.63, 3.8) is 0 Å². The van der Waals surface area contributed by atoms with Gasteiger partial charge in [-0.15, -0.1) is 0 Å². The van der Waals surface area contributed by atoms with Crippen LogP contribution in [0.15, 0.2) is 48.5 Å². The Kier molecular flexibility index (Phi) is 9.35. The number of amides is 5. The van der Waals surface area contributed by atoms with Gasteiger partial charge in [0.1, 0.15) is 12.1 Å². The number of ether oxygens (including phenoxy) is 1. The second-order valence-corrected chi connectivity index (χ2v) is 10.3. The molecule has 0 unspecified atom stereocenters. The number of carbonyl (C=O) groups is 5. The van der Waals surface area contributed by atoms with Crippen LogP contribution in [0.1, 0.15) is 69.4 Å². The maximum absolute atomic E-state index is 12.6. The van der Waals surface area contributed by atoms with Crippen molar-refractivity contribution in [3.8, 4) is 0 Å². The fraction of sp³-hybridized carbons (Fsp3) is 0.393. The van der Waals surface area contributed by atoms with Gasteiger partial charge in [0.25, 0.3) is 11.8 Å². The van der Waals surface area contributed by atoms with Gasteiger partial charge in [-0.05, 0) is 70.0 Å². The first kappa shape index (κ1) is 29.9. The second-order valence-electron chi connectivity index (χ2n) is 10.3. The number of benzene rings is 2. The lowest BCUT2D eigenvalue weighted by Crippen LogP contribution is -2.47. The van der Waals surface area contributed by atoms with Crippen LogP contribution >= 0.6 is 0 Å². The Labute approximate surface area is 232 Å². The van der Waals surface area contributed by atoms with Crippen molar-refractivity contribution in [2.24, 2.45) is 0 Å². The van der Waals surface area contributed by atoms with Gasteiger partial charge < -0.3 is 20.1 Å². The number of alkyl carbamates (subject to hydrolysis) is 1. The number of carbonyl (C=O) groups excluding carboxylic acids is 4. The van der Waals surface area contributed by atoms with Gasteiger partial charge in [0.2, 0.25) is 5.91 Å². The summed E-state index contributed by atoms with van der Waals surface area (Å²) in [5, 5.41) is 12.4. The summed E-state index contributed by atoms with van der Waals surface area (Å²) in [7, 11) is 0. The van der Waals surface area contributed by atoms with Crippen LogP contribution in [0.5, 0.6) is 0 Å². The highest BCUT2D eigenvalue weighted by atomic mass is 16.6. The molecule has 0 bridgehead atoms. The maximum atomic E-state index is 12.6. The van der Waals surface area contributed by atoms with Crippen LogP contribution in [-0.4, -0.2) is 53.2 Å². The summed E-state index contributed by atoms with van der Waals surface area (Å²) < 4.78 is 5.04. The van der Waals surface area contributed by atoms with E-state index >= 15 is 0 Å². The van der Waals surface area contributed by atoms with Gasteiger partial charge in [-0.2, -0.15) is 0 Å². The molecule has 0 radical (unpaired) electrons. The third-order valence-electron chi connectivity index (χ3n) is 6.16. The first-order chi connectivity index (χ1) is 18.8. The maximum Gasteiger partial charge on any atom is 0.412 e. The zero-order valence-corrected chi connectivity index (χ0v) is 23.2. The van der Waals surface area contributed by atoms with Crippen molar-refractivity contribution in [3.05, 3.63) is 59.7 Å². The quantitative estimate of drug-likeness (QED) is 0.397. The lowest BCUT2D eigenvalue weighted by Gasteiger charge is -2.42. The van der Waals surface area contributed by atoms with Gasteiger partial charge in [0, 0.05) is 29.4 Å². The third-order valence-corrected chi connectivity index (χ3v) is 6.16. The fourth-order valence-corrected chi connectivity index (χ4v) is 4.48. The Morgan fingerprint density at radius 3 is 2.27 bits per heavy atom. The van der Waals surface area contributed by atoms with Crippen molar-refractivity contribution in [1.29, 1.82) is 0 Å². The molecule has 40 heavy (non-hydrogen) atoms. The fourth-order valence-electron chi connectivity index (χ4n) is 4.48. The summed E-state index contributed by atoms with van der Waals surface area (Å²) in [6.07, 6.45) is -1.23. The Morgan fingerprint density at radius 2 is 1.68 bits per heavy atom. The molecule has 2 atom stereocenters. The molecule has 5 amide bonds. The van der Waals surface area contributed by atoms with Crippen molar-refractivity contribution < 1.29 is 33.8 Å². The average molecular weight is 554 g/mol. The summed E-state index contributed by atoms with van der Waals surface area (Å²) in [5.41, 5.74) is 5.64. The molecule has 12 nitrogen and oxygen atoms in total. The van der Waals surface area contributed by atoms with E-state index in [0.717, 1.165) is 0 Å². The molecular formula is C28H35N5O7. The van der Waals surface area contributed by atoms with E-state index in [-0.39, 0.29) is 17.5 Å². The molecular weight excluding hydrogens is 518 g/mol. The van der Waals surface area contributed by atoms with Gasteiger partial charge in [-0.3, -0.25) is 30.1 Å². The van der Waals surface area contributed by atoms with Crippen LogP contribution in [0.25, 0.3) is 0 Å². The van der Waals surface area contributed by atoms with Crippen LogP contribution in [0, 0.1) is 0 Å². The monoisotopic (exact) mass is 553 g/mol. The first-order valence-electron chi connectivity index (χ1n) is 12.9. The van der Waals surface area contributed by atoms with Crippen LogP contribution in [0.2, 0.25) is 0 Å². The van der Waals surface area contributed by atoms with Gasteiger partial charge in [-0.1, -0.05) is 25.1 Å². The largest absolute Gasteiger partial charge is 0.465 e. The van der Waals surface area contributed by atoms with Crippen LogP contribution in [0.3, 0.4) is 0 Å². The Bertz CT molecular complexity index is 1270. The average Bonchev–Trinajstić information content (AvgIpc) is 2.89. The number of anilines is 2. The molecule has 0 fully saturated rings. The van der Waals surface area contributed by atoms with E-state index in [1.807, 2.05) is 25.1 Å². The molecule has 1 aliphatic heterocycles. The van der Waals surface area contributed by atoms with Gasteiger partial charge in [0.05, 0.1) is 6.04 Å². The summed E-state index contributed by atoms with van der Waals surface area (Å²) in [6.45, 7) is 8.33. The number of nitrogens with one attached hydrogen (secondary N) is 3. The predicted octanol–water partition coefficient (Wildman–Crippen LogP) is 3.73. The number of fused-ring (bicyclic) bond motifs is 1. The summed E-state index contributed by atoms with van der Waals surface area (Å²) in [6, 6.07) is 12.4. The van der Waals surface area contributed by atoms with Gasteiger partial charge >= 0.3 is 12.2 Å². The van der Waals surface area contributed by atoms with Crippen LogP contribution < -0.4 is 26.0 Å². The molecule has 0 spiro atoms. The highest BCUT2D eigenvalue weighted by molar-refractivity contribution is 5.98. The minimum atomic E-state index is -1.18. The normalized spacial score (nSPS) is 16.3. The Morgan fingerprint density at radius 1 is 1.02 bits per heavy atom. The Balaban J connectivity index is 1.70. The smallest absolute Gasteiger partial charge is 0.412 e. The molecule has 2 aromatic rings. The van der Waals surface area contributed by atoms with E-state index in [4.69, 9.17) is 4.74 Å². The summed E-state index contributed by atoms with van der Waals surface area (Å²) >= 11 is 0. The number of hydrazine groups is 1. The number of hydrogen-bond donors (Lipinski definition) is 4. The second kappa shape index (κ2) is 12.5. The molecule has 1 aliphatic rings. The molecule has 12 heteroatoms. The van der Waals surface area contributed by atoms with Crippen molar-refractivity contribution in [2.75, 3.05) is 16.3 Å².